The second-order valence-corrected chi connectivity index (χ2v) is 6.40. The van der Waals surface area contributed by atoms with Crippen LogP contribution >= 0.6 is 0 Å². The molecule has 1 saturated heterocycles. The third-order valence-electron chi connectivity index (χ3n) is 3.08. The number of carboxylic acid groups (broad SMARTS) is 1. The third kappa shape index (κ3) is 2.14. The van der Waals surface area contributed by atoms with E-state index in [2.05, 4.69) is 0 Å². The lowest BCUT2D eigenvalue weighted by atomic mass is 10.0. The fourth-order valence-corrected chi connectivity index (χ4v) is 4.26. The van der Waals surface area contributed by atoms with Gasteiger partial charge in [-0.25, -0.2) is 13.2 Å². The molecule has 0 spiro atoms. The van der Waals surface area contributed by atoms with E-state index in [4.69, 9.17) is 5.11 Å². The summed E-state index contributed by atoms with van der Waals surface area (Å²) in [5.41, 5.74) is -3.24. The summed E-state index contributed by atoms with van der Waals surface area (Å²) in [5, 5.41) is 8.87. The van der Waals surface area contributed by atoms with Crippen LogP contribution in [0.25, 0.3) is 0 Å². The molecule has 0 aliphatic carbocycles. The molecule has 0 bridgehead atoms. The Morgan fingerprint density at radius 2 is 2.00 bits per heavy atom. The number of hydrogen-bond acceptors (Lipinski definition) is 5. The Morgan fingerprint density at radius 1 is 1.43 bits per heavy atom. The Labute approximate surface area is 115 Å². The van der Waals surface area contributed by atoms with Gasteiger partial charge in [0.15, 0.2) is 15.2 Å². The number of halogens is 3. The number of alkyl halides is 3. The number of amides is 2. The Hall–Kier alpha value is -2.11. The molecule has 1 fully saturated rings. The summed E-state index contributed by atoms with van der Waals surface area (Å²) < 4.78 is 62.0. The number of carbonyl (C=O) groups is 3. The first-order chi connectivity index (χ1) is 9.52. The largest absolute Gasteiger partial charge is 0.477 e. The van der Waals surface area contributed by atoms with E-state index >= 15 is 0 Å². The standard InChI is InChI=1S/C9H7F3N2O6S/c10-9(11,12)3-1-21(19,20)7-4(13-2-15)6(16)14(7)5(3)8(17)18/h2,4,7H,1H2,(H,13,15)(H,17,18). The average molecular weight is 328 g/mol. The molecule has 2 atom stereocenters. The minimum absolute atomic E-state index is 0.0128. The van der Waals surface area contributed by atoms with Gasteiger partial charge in [0, 0.05) is 0 Å². The minimum atomic E-state index is -5.21. The first-order valence-electron chi connectivity index (χ1n) is 5.30. The summed E-state index contributed by atoms with van der Waals surface area (Å²) in [5.74, 6) is -4.86. The van der Waals surface area contributed by atoms with Crippen molar-refractivity contribution in [3.63, 3.8) is 0 Å². The summed E-state index contributed by atoms with van der Waals surface area (Å²) in [6.45, 7) is 0. The van der Waals surface area contributed by atoms with E-state index in [9.17, 15) is 36.0 Å². The van der Waals surface area contributed by atoms with Crippen LogP contribution in [-0.2, 0) is 24.2 Å². The van der Waals surface area contributed by atoms with Gasteiger partial charge in [-0.2, -0.15) is 13.2 Å². The van der Waals surface area contributed by atoms with Crippen LogP contribution in [0.2, 0.25) is 0 Å². The average Bonchev–Trinajstić information content (AvgIpc) is 2.32. The van der Waals surface area contributed by atoms with Gasteiger partial charge in [-0.1, -0.05) is 0 Å². The maximum Gasteiger partial charge on any atom is 0.415 e. The molecule has 2 amide bonds. The Bertz CT molecular complexity index is 667. The molecule has 2 aliphatic heterocycles. The maximum atomic E-state index is 12.8. The minimum Gasteiger partial charge on any atom is -0.477 e. The molecule has 0 aromatic carbocycles. The predicted molar refractivity (Wildman–Crippen MR) is 58.1 cm³/mol. The van der Waals surface area contributed by atoms with Gasteiger partial charge in [-0.05, 0) is 0 Å². The van der Waals surface area contributed by atoms with Crippen molar-refractivity contribution in [1.82, 2.24) is 10.2 Å². The number of nitrogens with one attached hydrogen (secondary N) is 1. The molecule has 2 N–H and O–H groups in total. The molecule has 0 saturated carbocycles. The lowest BCUT2D eigenvalue weighted by Crippen LogP contribution is -2.74. The third-order valence-corrected chi connectivity index (χ3v) is 4.99. The molecule has 2 aliphatic rings. The van der Waals surface area contributed by atoms with Crippen LogP contribution in [0.5, 0.6) is 0 Å². The SMILES string of the molecule is O=CNC1C(=O)N2C(C(=O)O)=C(C(F)(F)F)CS(=O)(=O)C12. The van der Waals surface area contributed by atoms with E-state index < -0.39 is 56.3 Å². The van der Waals surface area contributed by atoms with Crippen molar-refractivity contribution in [2.75, 3.05) is 5.75 Å². The lowest BCUT2D eigenvalue weighted by molar-refractivity contribution is -0.152. The van der Waals surface area contributed by atoms with E-state index in [1.54, 1.807) is 0 Å². The normalized spacial score (nSPS) is 27.8. The summed E-state index contributed by atoms with van der Waals surface area (Å²) in [4.78, 5) is 33.0. The van der Waals surface area contributed by atoms with Gasteiger partial charge in [-0.3, -0.25) is 14.5 Å². The van der Waals surface area contributed by atoms with Crippen molar-refractivity contribution < 1.29 is 41.1 Å². The number of fused-ring (bicyclic) bond motifs is 1. The number of carboxylic acids is 1. The highest BCUT2D eigenvalue weighted by molar-refractivity contribution is 7.92. The highest BCUT2D eigenvalue weighted by Gasteiger charge is 2.62. The predicted octanol–water partition coefficient (Wildman–Crippen LogP) is -1.40. The smallest absolute Gasteiger partial charge is 0.415 e. The molecule has 0 aromatic rings. The number of β-lactam (4-membered cyclic amide) rings is 1. The molecule has 21 heavy (non-hydrogen) atoms. The van der Waals surface area contributed by atoms with Crippen LogP contribution in [-0.4, -0.2) is 60.1 Å². The van der Waals surface area contributed by atoms with Crippen LogP contribution < -0.4 is 5.32 Å². The van der Waals surface area contributed by atoms with Crippen LogP contribution in [0.3, 0.4) is 0 Å². The van der Waals surface area contributed by atoms with Gasteiger partial charge in [0.2, 0.25) is 6.41 Å². The van der Waals surface area contributed by atoms with Gasteiger partial charge in [0.1, 0.15) is 11.7 Å². The number of aliphatic carboxylic acids is 1. The molecule has 2 rings (SSSR count). The quantitative estimate of drug-likeness (QED) is 0.485. The van der Waals surface area contributed by atoms with Crippen molar-refractivity contribution in [3.05, 3.63) is 11.3 Å². The van der Waals surface area contributed by atoms with Gasteiger partial charge < -0.3 is 10.4 Å². The molecule has 2 unspecified atom stereocenters. The Kier molecular flexibility index (Phi) is 3.23. The molecular formula is C9H7F3N2O6S. The zero-order chi connectivity index (χ0) is 16.2. The molecule has 8 nitrogen and oxygen atoms in total. The molecule has 12 heteroatoms. The molecule has 0 radical (unpaired) electrons. The highest BCUT2D eigenvalue weighted by atomic mass is 32.2. The second-order valence-electron chi connectivity index (χ2n) is 4.30. The summed E-state index contributed by atoms with van der Waals surface area (Å²) >= 11 is 0. The van der Waals surface area contributed by atoms with Crippen LogP contribution in [0.4, 0.5) is 13.2 Å². The van der Waals surface area contributed by atoms with Gasteiger partial charge in [0.05, 0.1) is 11.3 Å². The first kappa shape index (κ1) is 15.3. The van der Waals surface area contributed by atoms with E-state index in [0.717, 1.165) is 0 Å². The zero-order valence-corrected chi connectivity index (χ0v) is 10.7. The van der Waals surface area contributed by atoms with E-state index in [1.807, 2.05) is 5.32 Å². The fraction of sp³-hybridized carbons (Fsp3) is 0.444. The number of carbonyl (C=O) groups excluding carboxylic acids is 2. The second kappa shape index (κ2) is 4.44. The van der Waals surface area contributed by atoms with Gasteiger partial charge >= 0.3 is 12.1 Å². The first-order valence-corrected chi connectivity index (χ1v) is 7.02. The van der Waals surface area contributed by atoms with Crippen molar-refractivity contribution in [2.45, 2.75) is 17.6 Å². The van der Waals surface area contributed by atoms with Crippen molar-refractivity contribution >= 4 is 28.1 Å². The van der Waals surface area contributed by atoms with E-state index in [0.29, 0.717) is 0 Å². The highest BCUT2D eigenvalue weighted by Crippen LogP contribution is 2.41. The van der Waals surface area contributed by atoms with Gasteiger partial charge in [0.25, 0.3) is 5.91 Å². The van der Waals surface area contributed by atoms with Crippen LogP contribution in [0.1, 0.15) is 0 Å². The number of sulfone groups is 1. The Morgan fingerprint density at radius 3 is 2.43 bits per heavy atom. The van der Waals surface area contributed by atoms with Crippen molar-refractivity contribution in [1.29, 1.82) is 0 Å². The lowest BCUT2D eigenvalue weighted by Gasteiger charge is -2.48. The number of nitrogens with zero attached hydrogens (tertiary/aromatic N) is 1. The fourth-order valence-electron chi connectivity index (χ4n) is 2.24. The van der Waals surface area contributed by atoms with Crippen LogP contribution in [0.15, 0.2) is 11.3 Å². The molecule has 116 valence electrons. The summed E-state index contributed by atoms with van der Waals surface area (Å²) in [6, 6.07) is -1.59. The molecule has 2 heterocycles. The summed E-state index contributed by atoms with van der Waals surface area (Å²) in [7, 11) is -4.48. The zero-order valence-electron chi connectivity index (χ0n) is 9.92. The molecular weight excluding hydrogens is 321 g/mol. The topological polar surface area (TPSA) is 121 Å². The van der Waals surface area contributed by atoms with Gasteiger partial charge in [-0.15, -0.1) is 0 Å². The van der Waals surface area contributed by atoms with E-state index in [1.165, 1.54) is 0 Å². The van der Waals surface area contributed by atoms with Crippen LogP contribution in [0, 0.1) is 0 Å². The van der Waals surface area contributed by atoms with Crippen molar-refractivity contribution in [3.8, 4) is 0 Å². The number of rotatable bonds is 3. The van der Waals surface area contributed by atoms with E-state index in [-0.39, 0.29) is 11.3 Å². The number of hydrogen-bond donors (Lipinski definition) is 2. The maximum absolute atomic E-state index is 12.8. The monoisotopic (exact) mass is 328 g/mol. The summed E-state index contributed by atoms with van der Waals surface area (Å²) in [6.07, 6.45) is -5.20. The molecule has 0 aromatic heterocycles. The Balaban J connectivity index is 2.62. The van der Waals surface area contributed by atoms with Crippen molar-refractivity contribution in [2.24, 2.45) is 0 Å².